The van der Waals surface area contributed by atoms with Crippen LogP contribution in [-0.4, -0.2) is 13.0 Å². The van der Waals surface area contributed by atoms with Gasteiger partial charge in [-0.05, 0) is 41.8 Å². The average Bonchev–Trinajstić information content (AvgIpc) is 2.48. The maximum atomic E-state index is 12.2. The molecular weight excluding hydrogens is 250 g/mol. The molecule has 2 rings (SSSR count). The van der Waals surface area contributed by atoms with Crippen LogP contribution in [0.5, 0.6) is 0 Å². The van der Waals surface area contributed by atoms with Gasteiger partial charge < -0.3 is 10.1 Å². The number of ether oxygens (including phenoxy) is 1. The van der Waals surface area contributed by atoms with Crippen LogP contribution < -0.4 is 5.32 Å². The first kappa shape index (κ1) is 14.3. The van der Waals surface area contributed by atoms with E-state index in [0.29, 0.717) is 12.2 Å². The Balaban J connectivity index is 2.08. The van der Waals surface area contributed by atoms with Crippen LogP contribution in [0.3, 0.4) is 0 Å². The van der Waals surface area contributed by atoms with E-state index in [2.05, 4.69) is 12.2 Å². The Kier molecular flexibility index (Phi) is 4.91. The highest BCUT2D eigenvalue weighted by Gasteiger charge is 2.06. The van der Waals surface area contributed by atoms with Crippen molar-refractivity contribution in [2.24, 2.45) is 0 Å². The van der Waals surface area contributed by atoms with Crippen molar-refractivity contribution < 1.29 is 9.53 Å². The monoisotopic (exact) mass is 269 g/mol. The molecule has 3 heteroatoms. The van der Waals surface area contributed by atoms with E-state index in [1.807, 2.05) is 42.5 Å². The average molecular weight is 269 g/mol. The minimum atomic E-state index is -0.104. The van der Waals surface area contributed by atoms with Crippen molar-refractivity contribution >= 4 is 11.6 Å². The van der Waals surface area contributed by atoms with Gasteiger partial charge >= 0.3 is 0 Å². The van der Waals surface area contributed by atoms with Gasteiger partial charge in [0.15, 0.2) is 0 Å². The van der Waals surface area contributed by atoms with Gasteiger partial charge in [-0.3, -0.25) is 4.79 Å². The number of nitrogens with one attached hydrogen (secondary N) is 1. The molecule has 2 aromatic carbocycles. The van der Waals surface area contributed by atoms with E-state index in [1.165, 1.54) is 5.56 Å². The summed E-state index contributed by atoms with van der Waals surface area (Å²) in [4.78, 5) is 12.2. The molecule has 1 N–H and O–H groups in total. The maximum absolute atomic E-state index is 12.2. The molecular formula is C17H19NO2. The molecule has 0 fully saturated rings. The van der Waals surface area contributed by atoms with E-state index in [0.717, 1.165) is 17.7 Å². The minimum Gasteiger partial charge on any atom is -0.380 e. The first-order chi connectivity index (χ1) is 9.72. The van der Waals surface area contributed by atoms with Crippen molar-refractivity contribution in [1.29, 1.82) is 0 Å². The second-order valence-corrected chi connectivity index (χ2v) is 4.64. The lowest BCUT2D eigenvalue weighted by Crippen LogP contribution is -2.12. The molecule has 0 bridgehead atoms. The molecule has 0 aliphatic heterocycles. The number of methoxy groups -OCH3 is 1. The first-order valence-corrected chi connectivity index (χ1v) is 6.71. The van der Waals surface area contributed by atoms with Crippen LogP contribution in [0.2, 0.25) is 0 Å². The van der Waals surface area contributed by atoms with Crippen molar-refractivity contribution in [3.05, 3.63) is 65.2 Å². The largest absolute Gasteiger partial charge is 0.380 e. The molecule has 0 radical (unpaired) electrons. The summed E-state index contributed by atoms with van der Waals surface area (Å²) in [5, 5.41) is 2.90. The fourth-order valence-electron chi connectivity index (χ4n) is 2.00. The highest BCUT2D eigenvalue weighted by atomic mass is 16.5. The van der Waals surface area contributed by atoms with Gasteiger partial charge in [0.25, 0.3) is 5.91 Å². The number of aryl methyl sites for hydroxylation is 1. The van der Waals surface area contributed by atoms with E-state index in [-0.39, 0.29) is 5.91 Å². The summed E-state index contributed by atoms with van der Waals surface area (Å²) in [6, 6.07) is 15.4. The lowest BCUT2D eigenvalue weighted by atomic mass is 10.1. The molecule has 0 spiro atoms. The number of amides is 1. The number of anilines is 1. The van der Waals surface area contributed by atoms with Crippen molar-refractivity contribution in [2.45, 2.75) is 20.0 Å². The zero-order valence-corrected chi connectivity index (χ0v) is 11.8. The third-order valence-electron chi connectivity index (χ3n) is 3.12. The van der Waals surface area contributed by atoms with Crippen LogP contribution in [0.25, 0.3) is 0 Å². The molecule has 104 valence electrons. The fraction of sp³-hybridized carbons (Fsp3) is 0.235. The van der Waals surface area contributed by atoms with E-state index in [9.17, 15) is 4.79 Å². The summed E-state index contributed by atoms with van der Waals surface area (Å²) < 4.78 is 5.07. The second-order valence-electron chi connectivity index (χ2n) is 4.64. The van der Waals surface area contributed by atoms with Crippen LogP contribution in [0.4, 0.5) is 5.69 Å². The predicted octanol–water partition coefficient (Wildman–Crippen LogP) is 3.65. The van der Waals surface area contributed by atoms with Crippen molar-refractivity contribution in [1.82, 2.24) is 0 Å². The zero-order chi connectivity index (χ0) is 14.4. The van der Waals surface area contributed by atoms with E-state index < -0.39 is 0 Å². The van der Waals surface area contributed by atoms with Gasteiger partial charge in [-0.1, -0.05) is 31.2 Å². The summed E-state index contributed by atoms with van der Waals surface area (Å²) in [5.41, 5.74) is 3.69. The van der Waals surface area contributed by atoms with E-state index in [1.54, 1.807) is 13.2 Å². The molecule has 0 unspecified atom stereocenters. The Morgan fingerprint density at radius 2 is 1.85 bits per heavy atom. The smallest absolute Gasteiger partial charge is 0.255 e. The SMILES string of the molecule is CCc1ccc(NC(=O)c2cccc(COC)c2)cc1. The van der Waals surface area contributed by atoms with Crippen LogP contribution in [0.1, 0.15) is 28.4 Å². The molecule has 0 saturated carbocycles. The van der Waals surface area contributed by atoms with Crippen LogP contribution >= 0.6 is 0 Å². The van der Waals surface area contributed by atoms with E-state index >= 15 is 0 Å². The van der Waals surface area contributed by atoms with E-state index in [4.69, 9.17) is 4.74 Å². The molecule has 0 heterocycles. The Morgan fingerprint density at radius 3 is 2.50 bits per heavy atom. The summed E-state index contributed by atoms with van der Waals surface area (Å²) in [5.74, 6) is -0.104. The third-order valence-corrected chi connectivity index (χ3v) is 3.12. The molecule has 20 heavy (non-hydrogen) atoms. The zero-order valence-electron chi connectivity index (χ0n) is 11.8. The summed E-state index contributed by atoms with van der Waals surface area (Å²) in [7, 11) is 1.64. The minimum absolute atomic E-state index is 0.104. The quantitative estimate of drug-likeness (QED) is 0.899. The van der Waals surface area contributed by atoms with Gasteiger partial charge in [0.1, 0.15) is 0 Å². The summed E-state index contributed by atoms with van der Waals surface area (Å²) >= 11 is 0. The van der Waals surface area contributed by atoms with Crippen molar-refractivity contribution in [2.75, 3.05) is 12.4 Å². The number of benzene rings is 2. The number of carbonyl (C=O) groups is 1. The van der Waals surface area contributed by atoms with Gasteiger partial charge in [-0.15, -0.1) is 0 Å². The van der Waals surface area contributed by atoms with Gasteiger partial charge in [-0.2, -0.15) is 0 Å². The highest BCUT2D eigenvalue weighted by molar-refractivity contribution is 6.04. The topological polar surface area (TPSA) is 38.3 Å². The van der Waals surface area contributed by atoms with Crippen LogP contribution in [-0.2, 0) is 17.8 Å². The Labute approximate surface area is 119 Å². The molecule has 0 aliphatic rings. The lowest BCUT2D eigenvalue weighted by molar-refractivity contribution is 0.102. The van der Waals surface area contributed by atoms with Gasteiger partial charge in [0, 0.05) is 18.4 Å². The first-order valence-electron chi connectivity index (χ1n) is 6.71. The normalized spacial score (nSPS) is 10.3. The third kappa shape index (κ3) is 3.68. The van der Waals surface area contributed by atoms with Crippen molar-refractivity contribution in [3.63, 3.8) is 0 Å². The Bertz CT molecular complexity index is 576. The number of rotatable bonds is 5. The summed E-state index contributed by atoms with van der Waals surface area (Å²) in [6.45, 7) is 2.61. The molecule has 0 aromatic heterocycles. The van der Waals surface area contributed by atoms with Gasteiger partial charge in [0.05, 0.1) is 6.61 Å². The van der Waals surface area contributed by atoms with Gasteiger partial charge in [-0.25, -0.2) is 0 Å². The van der Waals surface area contributed by atoms with Gasteiger partial charge in [0.2, 0.25) is 0 Å². The molecule has 0 atom stereocenters. The molecule has 2 aromatic rings. The number of hydrogen-bond acceptors (Lipinski definition) is 2. The van der Waals surface area contributed by atoms with Crippen molar-refractivity contribution in [3.8, 4) is 0 Å². The predicted molar refractivity (Wildman–Crippen MR) is 80.9 cm³/mol. The molecule has 0 aliphatic carbocycles. The van der Waals surface area contributed by atoms with Crippen LogP contribution in [0.15, 0.2) is 48.5 Å². The number of hydrogen-bond donors (Lipinski definition) is 1. The second kappa shape index (κ2) is 6.87. The molecule has 0 saturated heterocycles. The number of carbonyl (C=O) groups excluding carboxylic acids is 1. The Hall–Kier alpha value is -2.13. The molecule has 3 nitrogen and oxygen atoms in total. The standard InChI is InChI=1S/C17H19NO2/c1-3-13-7-9-16(10-8-13)18-17(19)15-6-4-5-14(11-15)12-20-2/h4-11H,3,12H2,1-2H3,(H,18,19). The lowest BCUT2D eigenvalue weighted by Gasteiger charge is -2.07. The highest BCUT2D eigenvalue weighted by Crippen LogP contribution is 2.13. The molecule has 1 amide bonds. The summed E-state index contributed by atoms with van der Waals surface area (Å²) in [6.07, 6.45) is 0.993. The fourth-order valence-corrected chi connectivity index (χ4v) is 2.00. The maximum Gasteiger partial charge on any atom is 0.255 e. The Morgan fingerprint density at radius 1 is 1.10 bits per heavy atom. The van der Waals surface area contributed by atoms with Crippen LogP contribution in [0, 0.1) is 0 Å².